The van der Waals surface area contributed by atoms with Crippen molar-refractivity contribution in [3.8, 4) is 11.4 Å². The minimum Gasteiger partial charge on any atom is -0.494 e. The van der Waals surface area contributed by atoms with Gasteiger partial charge in [-0.15, -0.1) is 0 Å². The lowest BCUT2D eigenvalue weighted by Gasteiger charge is -2.28. The number of thiocarbonyl (C=S) groups is 1. The molecule has 184 valence electrons. The number of pyridine rings is 1. The maximum Gasteiger partial charge on any atom is 0.229 e. The van der Waals surface area contributed by atoms with Crippen LogP contribution in [0.25, 0.3) is 5.69 Å². The molecule has 1 aliphatic rings. The van der Waals surface area contributed by atoms with Crippen LogP contribution in [0.1, 0.15) is 23.3 Å². The molecular weight excluding hydrogens is 494 g/mol. The maximum absolute atomic E-state index is 11.8. The van der Waals surface area contributed by atoms with Gasteiger partial charge in [0.2, 0.25) is 10.0 Å². The average molecular weight is 520 g/mol. The number of nitrogens with zero attached hydrogens (tertiary/aromatic N) is 3. The minimum absolute atomic E-state index is 0.204. The van der Waals surface area contributed by atoms with Crippen molar-refractivity contribution in [1.29, 1.82) is 0 Å². The van der Waals surface area contributed by atoms with Crippen molar-refractivity contribution in [1.82, 2.24) is 14.9 Å². The van der Waals surface area contributed by atoms with Crippen molar-refractivity contribution in [3.05, 3.63) is 103 Å². The third-order valence-electron chi connectivity index (χ3n) is 5.97. The zero-order valence-corrected chi connectivity index (χ0v) is 21.3. The van der Waals surface area contributed by atoms with E-state index in [0.717, 1.165) is 28.9 Å². The lowest BCUT2D eigenvalue weighted by atomic mass is 9.98. The number of ether oxygens (including phenoxy) is 1. The van der Waals surface area contributed by atoms with E-state index in [-0.39, 0.29) is 12.1 Å². The Labute approximate surface area is 215 Å². The van der Waals surface area contributed by atoms with Crippen LogP contribution in [-0.2, 0) is 10.0 Å². The lowest BCUT2D eigenvalue weighted by Crippen LogP contribution is -2.29. The molecule has 3 heterocycles. The molecule has 2 atom stereocenters. The highest BCUT2D eigenvalue weighted by Crippen LogP contribution is 2.43. The first-order valence-corrected chi connectivity index (χ1v) is 13.5. The van der Waals surface area contributed by atoms with Gasteiger partial charge in [0.05, 0.1) is 36.8 Å². The van der Waals surface area contributed by atoms with Gasteiger partial charge in [0.1, 0.15) is 5.75 Å². The van der Waals surface area contributed by atoms with Gasteiger partial charge in [-0.25, -0.2) is 8.42 Å². The van der Waals surface area contributed by atoms with E-state index in [4.69, 9.17) is 17.0 Å². The summed E-state index contributed by atoms with van der Waals surface area (Å²) in [5, 5.41) is 3.98. The number of methoxy groups -OCH3 is 1. The van der Waals surface area contributed by atoms with Gasteiger partial charge in [-0.2, -0.15) is 0 Å². The number of aromatic nitrogens is 2. The summed E-state index contributed by atoms with van der Waals surface area (Å²) >= 11 is 5.80. The average Bonchev–Trinajstić information content (AvgIpc) is 3.49. The fourth-order valence-corrected chi connectivity index (χ4v) is 5.35. The molecule has 1 fully saturated rings. The third kappa shape index (κ3) is 4.77. The fourth-order valence-electron chi connectivity index (χ4n) is 4.43. The summed E-state index contributed by atoms with van der Waals surface area (Å²) in [6.07, 6.45) is 6.99. The summed E-state index contributed by atoms with van der Waals surface area (Å²) in [6, 6.07) is 22.9. The van der Waals surface area contributed by atoms with Crippen molar-refractivity contribution < 1.29 is 13.2 Å². The predicted octanol–water partition coefficient (Wildman–Crippen LogP) is 4.43. The lowest BCUT2D eigenvalue weighted by molar-refractivity contribution is 0.417. The third-order valence-corrected chi connectivity index (χ3v) is 6.87. The first kappa shape index (κ1) is 23.8. The van der Waals surface area contributed by atoms with Crippen LogP contribution >= 0.6 is 12.2 Å². The molecule has 0 saturated carbocycles. The summed E-state index contributed by atoms with van der Waals surface area (Å²) in [4.78, 5) is 6.62. The first-order valence-electron chi connectivity index (χ1n) is 11.2. The predicted molar refractivity (Wildman–Crippen MR) is 145 cm³/mol. The molecule has 0 radical (unpaired) electrons. The van der Waals surface area contributed by atoms with Gasteiger partial charge < -0.3 is 19.5 Å². The van der Waals surface area contributed by atoms with E-state index in [0.29, 0.717) is 16.5 Å². The van der Waals surface area contributed by atoms with E-state index in [9.17, 15) is 8.42 Å². The van der Waals surface area contributed by atoms with Gasteiger partial charge in [0.15, 0.2) is 5.11 Å². The molecule has 1 saturated heterocycles. The largest absolute Gasteiger partial charge is 0.494 e. The van der Waals surface area contributed by atoms with E-state index in [1.165, 1.54) is 7.11 Å². The molecule has 36 heavy (non-hydrogen) atoms. The molecule has 2 aromatic carbocycles. The molecule has 0 spiro atoms. The highest BCUT2D eigenvalue weighted by Gasteiger charge is 2.41. The van der Waals surface area contributed by atoms with Crippen LogP contribution in [0.2, 0.25) is 0 Å². The molecule has 5 rings (SSSR count). The summed E-state index contributed by atoms with van der Waals surface area (Å²) in [7, 11) is -1.97. The first-order chi connectivity index (χ1) is 17.3. The minimum atomic E-state index is -3.47. The smallest absolute Gasteiger partial charge is 0.229 e. The monoisotopic (exact) mass is 519 g/mol. The van der Waals surface area contributed by atoms with Gasteiger partial charge in [0.25, 0.3) is 0 Å². The Hall–Kier alpha value is -3.89. The van der Waals surface area contributed by atoms with Crippen molar-refractivity contribution in [2.45, 2.75) is 12.1 Å². The number of hydrogen-bond acceptors (Lipinski definition) is 5. The Kier molecular flexibility index (Phi) is 6.38. The highest BCUT2D eigenvalue weighted by molar-refractivity contribution is 7.92. The SMILES string of the molecule is COc1cc(N2C(=S)NC(c3ccccn3)C2c2ccn(-c3ccccc3)c2)ccc1NS(C)(=O)=O. The number of sulfonamides is 1. The number of nitrogens with one attached hydrogen (secondary N) is 2. The molecular formula is C26H25N5O3S2. The molecule has 10 heteroatoms. The summed E-state index contributed by atoms with van der Waals surface area (Å²) in [5.41, 5.74) is 4.08. The van der Waals surface area contributed by atoms with Crippen molar-refractivity contribution in [2.24, 2.45) is 0 Å². The number of rotatable bonds is 7. The highest BCUT2D eigenvalue weighted by atomic mass is 32.2. The Morgan fingerprint density at radius 1 is 1.03 bits per heavy atom. The van der Waals surface area contributed by atoms with Crippen LogP contribution in [0, 0.1) is 0 Å². The number of hydrogen-bond donors (Lipinski definition) is 2. The number of benzene rings is 2. The Bertz CT molecular complexity index is 1490. The molecule has 2 N–H and O–H groups in total. The maximum atomic E-state index is 11.8. The molecule has 0 bridgehead atoms. The molecule has 8 nitrogen and oxygen atoms in total. The van der Waals surface area contributed by atoms with Crippen LogP contribution in [0.4, 0.5) is 11.4 Å². The molecule has 1 aliphatic heterocycles. The van der Waals surface area contributed by atoms with Gasteiger partial charge >= 0.3 is 0 Å². The molecule has 0 aliphatic carbocycles. The second-order valence-electron chi connectivity index (χ2n) is 8.44. The van der Waals surface area contributed by atoms with Crippen molar-refractivity contribution in [2.75, 3.05) is 23.0 Å². The topological polar surface area (TPSA) is 88.5 Å². The Morgan fingerprint density at radius 3 is 2.50 bits per heavy atom. The molecule has 2 aromatic heterocycles. The number of para-hydroxylation sites is 1. The van der Waals surface area contributed by atoms with Crippen LogP contribution in [0.5, 0.6) is 5.75 Å². The van der Waals surface area contributed by atoms with Crippen molar-refractivity contribution >= 4 is 38.7 Å². The van der Waals surface area contributed by atoms with E-state index >= 15 is 0 Å². The molecule has 4 aromatic rings. The summed E-state index contributed by atoms with van der Waals surface area (Å²) in [5.74, 6) is 0.391. The standard InChI is InChI=1S/C26H25N5O3S2/c1-34-23-16-20(11-12-21(23)29-36(2,32)33)31-25(24(28-26(31)35)22-10-6-7-14-27-22)18-13-15-30(17-18)19-8-4-3-5-9-19/h3-17,24-25,29H,1-2H3,(H,28,35). The second kappa shape index (κ2) is 9.63. The van der Waals surface area contributed by atoms with E-state index < -0.39 is 10.0 Å². The number of anilines is 2. The van der Waals surface area contributed by atoms with Gasteiger partial charge in [0, 0.05) is 36.0 Å². The fraction of sp³-hybridized carbons (Fsp3) is 0.154. The Balaban J connectivity index is 1.59. The van der Waals surface area contributed by atoms with Crippen LogP contribution in [-0.4, -0.2) is 36.4 Å². The van der Waals surface area contributed by atoms with Gasteiger partial charge in [-0.3, -0.25) is 9.71 Å². The quantitative estimate of drug-likeness (QED) is 0.349. The van der Waals surface area contributed by atoms with E-state index in [2.05, 4.69) is 31.9 Å². The summed E-state index contributed by atoms with van der Waals surface area (Å²) < 4.78 is 33.7. The zero-order valence-electron chi connectivity index (χ0n) is 19.7. The second-order valence-corrected chi connectivity index (χ2v) is 10.6. The normalized spacial score (nSPS) is 17.6. The van der Waals surface area contributed by atoms with Crippen LogP contribution in [0.3, 0.4) is 0 Å². The summed E-state index contributed by atoms with van der Waals surface area (Å²) in [6.45, 7) is 0. The van der Waals surface area contributed by atoms with Crippen molar-refractivity contribution in [3.63, 3.8) is 0 Å². The van der Waals surface area contributed by atoms with Crippen LogP contribution in [0.15, 0.2) is 91.4 Å². The molecule has 0 amide bonds. The zero-order chi connectivity index (χ0) is 25.3. The van der Waals surface area contributed by atoms with Gasteiger partial charge in [-0.05, 0) is 60.2 Å². The van der Waals surface area contributed by atoms with Gasteiger partial charge in [-0.1, -0.05) is 24.3 Å². The van der Waals surface area contributed by atoms with Crippen LogP contribution < -0.4 is 19.7 Å². The van der Waals surface area contributed by atoms with E-state index in [1.54, 1.807) is 18.3 Å². The molecule has 2 unspecified atom stereocenters. The van der Waals surface area contributed by atoms with E-state index in [1.807, 2.05) is 65.7 Å². The Morgan fingerprint density at radius 2 is 1.81 bits per heavy atom.